The molecule has 0 unspecified atom stereocenters. The third kappa shape index (κ3) is 3.55. The molecular formula is C20H20N4O4. The first kappa shape index (κ1) is 19.4. The van der Waals surface area contributed by atoms with Gasteiger partial charge in [0.15, 0.2) is 0 Å². The van der Waals surface area contributed by atoms with Crippen LogP contribution in [0.2, 0.25) is 0 Å². The van der Waals surface area contributed by atoms with E-state index in [1.54, 1.807) is 0 Å². The highest BCUT2D eigenvalue weighted by atomic mass is 16.5. The zero-order valence-electron chi connectivity index (χ0n) is 15.1. The Morgan fingerprint density at radius 3 is 2.25 bits per heavy atom. The number of carbonyl (C=O) groups is 2. The molecule has 0 aromatic heterocycles. The Labute approximate surface area is 161 Å². The van der Waals surface area contributed by atoms with Crippen molar-refractivity contribution in [2.75, 3.05) is 13.2 Å². The number of ether oxygens (including phenoxy) is 1. The van der Waals surface area contributed by atoms with Gasteiger partial charge in [-0.05, 0) is 40.6 Å². The molecule has 3 N–H and O–H groups in total. The summed E-state index contributed by atoms with van der Waals surface area (Å²) in [6.45, 7) is 0.0504. The van der Waals surface area contributed by atoms with Gasteiger partial charge < -0.3 is 15.6 Å². The molecule has 2 aromatic carbocycles. The van der Waals surface area contributed by atoms with Gasteiger partial charge in [0.1, 0.15) is 6.61 Å². The minimum atomic E-state index is -2.18. The normalized spacial score (nSPS) is 14.3. The maximum absolute atomic E-state index is 12.5. The third-order valence-electron chi connectivity index (χ3n) is 4.98. The van der Waals surface area contributed by atoms with Crippen LogP contribution in [-0.2, 0) is 14.3 Å². The number of rotatable bonds is 8. The molecule has 0 saturated heterocycles. The molecule has 0 heterocycles. The Kier molecular flexibility index (Phi) is 5.63. The molecule has 144 valence electrons. The number of aliphatic carboxylic acids is 1. The number of hydrogen-bond acceptors (Lipinski definition) is 5. The second-order valence-corrected chi connectivity index (χ2v) is 6.66. The van der Waals surface area contributed by atoms with Crippen LogP contribution in [0.15, 0.2) is 53.6 Å². The molecule has 1 aliphatic carbocycles. The minimum absolute atomic E-state index is 0.00453. The Balaban J connectivity index is 1.76. The fourth-order valence-corrected chi connectivity index (χ4v) is 3.50. The van der Waals surface area contributed by atoms with Crippen molar-refractivity contribution in [1.82, 2.24) is 0 Å². The number of carboxylic acid groups (broad SMARTS) is 1. The molecule has 0 fully saturated rings. The zero-order valence-corrected chi connectivity index (χ0v) is 15.1. The minimum Gasteiger partial charge on any atom is -0.479 e. The summed E-state index contributed by atoms with van der Waals surface area (Å²) < 4.78 is 5.37. The fourth-order valence-electron chi connectivity index (χ4n) is 3.50. The lowest BCUT2D eigenvalue weighted by molar-refractivity contribution is -0.161. The summed E-state index contributed by atoms with van der Waals surface area (Å²) in [7, 11) is 0. The highest BCUT2D eigenvalue weighted by Crippen LogP contribution is 2.44. The lowest BCUT2D eigenvalue weighted by Gasteiger charge is -2.23. The van der Waals surface area contributed by atoms with Gasteiger partial charge >= 0.3 is 11.9 Å². The molecule has 2 aromatic rings. The van der Waals surface area contributed by atoms with Crippen LogP contribution in [0.25, 0.3) is 21.6 Å². The molecule has 0 radical (unpaired) electrons. The molecule has 0 saturated carbocycles. The highest BCUT2D eigenvalue weighted by Gasteiger charge is 2.44. The van der Waals surface area contributed by atoms with Gasteiger partial charge in [-0.25, -0.2) is 9.59 Å². The van der Waals surface area contributed by atoms with Gasteiger partial charge in [-0.15, -0.1) is 0 Å². The molecule has 1 aliphatic rings. The summed E-state index contributed by atoms with van der Waals surface area (Å²) in [4.78, 5) is 26.7. The van der Waals surface area contributed by atoms with Crippen molar-refractivity contribution in [2.45, 2.75) is 24.3 Å². The van der Waals surface area contributed by atoms with Crippen LogP contribution in [0.3, 0.4) is 0 Å². The molecule has 0 aliphatic heterocycles. The van der Waals surface area contributed by atoms with Crippen LogP contribution < -0.4 is 5.73 Å². The maximum atomic E-state index is 12.5. The average Bonchev–Trinajstić information content (AvgIpc) is 3.03. The second kappa shape index (κ2) is 8.12. The SMILES string of the molecule is [N-]=[N+]=NCCC[C@](N)(C(=O)O)C(=O)OCC1c2ccccc2-c2ccccc21. The monoisotopic (exact) mass is 380 g/mol. The van der Waals surface area contributed by atoms with E-state index < -0.39 is 17.5 Å². The molecule has 1 atom stereocenters. The number of esters is 1. The summed E-state index contributed by atoms with van der Waals surface area (Å²) >= 11 is 0. The van der Waals surface area contributed by atoms with Crippen LogP contribution >= 0.6 is 0 Å². The van der Waals surface area contributed by atoms with Gasteiger partial charge in [0, 0.05) is 17.4 Å². The van der Waals surface area contributed by atoms with E-state index in [1.807, 2.05) is 48.5 Å². The van der Waals surface area contributed by atoms with Gasteiger partial charge in [0.25, 0.3) is 0 Å². The predicted octanol–water partition coefficient (Wildman–Crippen LogP) is 3.21. The molecule has 28 heavy (non-hydrogen) atoms. The van der Waals surface area contributed by atoms with Crippen molar-refractivity contribution in [1.29, 1.82) is 0 Å². The van der Waals surface area contributed by atoms with Crippen LogP contribution in [0.5, 0.6) is 0 Å². The summed E-state index contributed by atoms with van der Waals surface area (Å²) in [6, 6.07) is 15.7. The molecule has 8 nitrogen and oxygen atoms in total. The molecule has 3 rings (SSSR count). The van der Waals surface area contributed by atoms with E-state index in [2.05, 4.69) is 10.0 Å². The van der Waals surface area contributed by atoms with Crippen molar-refractivity contribution in [3.63, 3.8) is 0 Å². The van der Waals surface area contributed by atoms with Crippen molar-refractivity contribution >= 4 is 11.9 Å². The zero-order chi connectivity index (χ0) is 20.1. The first-order valence-electron chi connectivity index (χ1n) is 8.87. The molecule has 8 heteroatoms. The van der Waals surface area contributed by atoms with E-state index in [1.165, 1.54) is 0 Å². The van der Waals surface area contributed by atoms with Gasteiger partial charge in [0.2, 0.25) is 5.54 Å². The number of fused-ring (bicyclic) bond motifs is 3. The standard InChI is InChI=1S/C20H20N4O4/c21-20(18(25)26,10-5-11-23-24-22)19(27)28-12-17-15-8-3-1-6-13(15)14-7-2-4-9-16(14)17/h1-4,6-9,17H,5,10-12,21H2,(H,25,26)/t20-/m0/s1. The summed E-state index contributed by atoms with van der Waals surface area (Å²) in [5, 5.41) is 12.8. The van der Waals surface area contributed by atoms with E-state index in [9.17, 15) is 14.7 Å². The van der Waals surface area contributed by atoms with Gasteiger partial charge in [-0.1, -0.05) is 53.6 Å². The molecular weight excluding hydrogens is 360 g/mol. The number of azide groups is 1. The van der Waals surface area contributed by atoms with Gasteiger partial charge in [0.05, 0.1) is 0 Å². The van der Waals surface area contributed by atoms with Crippen LogP contribution in [0.1, 0.15) is 29.9 Å². The maximum Gasteiger partial charge on any atom is 0.337 e. The Morgan fingerprint density at radius 1 is 1.14 bits per heavy atom. The van der Waals surface area contributed by atoms with E-state index in [0.717, 1.165) is 22.3 Å². The molecule has 0 amide bonds. The largest absolute Gasteiger partial charge is 0.479 e. The smallest absolute Gasteiger partial charge is 0.337 e. The van der Waals surface area contributed by atoms with Crippen LogP contribution in [0, 0.1) is 0 Å². The Morgan fingerprint density at radius 2 is 1.71 bits per heavy atom. The second-order valence-electron chi connectivity index (χ2n) is 6.66. The van der Waals surface area contributed by atoms with Crippen molar-refractivity contribution in [2.24, 2.45) is 10.8 Å². The Hall–Kier alpha value is -3.35. The first-order valence-corrected chi connectivity index (χ1v) is 8.87. The summed E-state index contributed by atoms with van der Waals surface area (Å²) in [6.07, 6.45) is -0.0188. The van der Waals surface area contributed by atoms with Crippen LogP contribution in [-0.4, -0.2) is 35.7 Å². The summed E-state index contributed by atoms with van der Waals surface area (Å²) in [5.74, 6) is -2.65. The number of nitrogens with zero attached hydrogens (tertiary/aromatic N) is 3. The highest BCUT2D eigenvalue weighted by molar-refractivity contribution is 6.03. The number of nitrogens with two attached hydrogens (primary N) is 1. The first-order chi connectivity index (χ1) is 13.5. The van der Waals surface area contributed by atoms with Crippen molar-refractivity contribution < 1.29 is 19.4 Å². The summed E-state index contributed by atoms with van der Waals surface area (Å²) in [5.41, 5.74) is 16.2. The topological polar surface area (TPSA) is 138 Å². The fraction of sp³-hybridized carbons (Fsp3) is 0.300. The van der Waals surface area contributed by atoms with Gasteiger partial charge in [-0.3, -0.25) is 0 Å². The molecule has 0 spiro atoms. The average molecular weight is 380 g/mol. The Bertz CT molecular complexity index is 909. The number of benzene rings is 2. The van der Waals surface area contributed by atoms with E-state index in [4.69, 9.17) is 16.0 Å². The lowest BCUT2D eigenvalue weighted by Crippen LogP contribution is -2.56. The van der Waals surface area contributed by atoms with Crippen molar-refractivity contribution in [3.8, 4) is 11.1 Å². The van der Waals surface area contributed by atoms with E-state index in [-0.39, 0.29) is 31.9 Å². The number of carbonyl (C=O) groups excluding carboxylic acids is 1. The van der Waals surface area contributed by atoms with E-state index >= 15 is 0 Å². The predicted molar refractivity (Wildman–Crippen MR) is 102 cm³/mol. The number of carboxylic acids is 1. The quantitative estimate of drug-likeness (QED) is 0.181. The molecule has 0 bridgehead atoms. The third-order valence-corrected chi connectivity index (χ3v) is 4.98. The van der Waals surface area contributed by atoms with E-state index in [0.29, 0.717) is 0 Å². The lowest BCUT2D eigenvalue weighted by atomic mass is 9.94. The van der Waals surface area contributed by atoms with Gasteiger partial charge in [-0.2, -0.15) is 0 Å². The number of hydrogen-bond donors (Lipinski definition) is 2. The van der Waals surface area contributed by atoms with Crippen LogP contribution in [0.4, 0.5) is 0 Å². The van der Waals surface area contributed by atoms with Crippen molar-refractivity contribution in [3.05, 3.63) is 70.1 Å².